The average molecular weight is 137 g/mol. The summed E-state index contributed by atoms with van der Waals surface area (Å²) >= 11 is 0. The second-order valence-corrected chi connectivity index (χ2v) is 3.89. The minimum absolute atomic E-state index is 0.331. The molecule has 0 unspecified atom stereocenters. The van der Waals surface area contributed by atoms with E-state index in [1.165, 1.54) is 19.3 Å². The molecular weight excluding hydrogens is 126 g/mol. The molecule has 1 N–H and O–H groups in total. The minimum Gasteiger partial charge on any atom is -0.352 e. The molecule has 1 amide bonds. The number of carbonyl (C=O) groups excluding carboxylic acids is 1. The number of fused-ring (bicyclic) bond motifs is 5. The third-order valence-corrected chi connectivity index (χ3v) is 3.53. The van der Waals surface area contributed by atoms with Gasteiger partial charge in [0.1, 0.15) is 0 Å². The van der Waals surface area contributed by atoms with Gasteiger partial charge in [-0.1, -0.05) is 0 Å². The monoisotopic (exact) mass is 137 g/mol. The Bertz CT molecular complexity index is 199. The van der Waals surface area contributed by atoms with Gasteiger partial charge in [-0.15, -0.1) is 0 Å². The molecule has 4 atom stereocenters. The summed E-state index contributed by atoms with van der Waals surface area (Å²) in [6.45, 7) is 0. The van der Waals surface area contributed by atoms with Crippen LogP contribution in [0.2, 0.25) is 0 Å². The van der Waals surface area contributed by atoms with Crippen molar-refractivity contribution < 1.29 is 4.79 Å². The molecule has 3 aliphatic rings. The summed E-state index contributed by atoms with van der Waals surface area (Å²) in [5.41, 5.74) is 0. The standard InChI is InChI=1S/C8H11NO/c10-8-6-4-1-2-5(3-4)7(6)9-8/h4-7H,1-3H2,(H,9,10)/t4-,5-,6+,7+/m0/s1. The van der Waals surface area contributed by atoms with Gasteiger partial charge < -0.3 is 5.32 Å². The maximum absolute atomic E-state index is 11.0. The van der Waals surface area contributed by atoms with Crippen molar-refractivity contribution in [2.75, 3.05) is 0 Å². The zero-order valence-electron chi connectivity index (χ0n) is 5.84. The molecule has 2 heteroatoms. The fraction of sp³-hybridized carbons (Fsp3) is 0.875. The molecule has 10 heavy (non-hydrogen) atoms. The number of carbonyl (C=O) groups is 1. The highest BCUT2D eigenvalue weighted by Crippen LogP contribution is 2.51. The Morgan fingerprint density at radius 2 is 2.10 bits per heavy atom. The number of nitrogens with one attached hydrogen (secondary N) is 1. The third-order valence-electron chi connectivity index (χ3n) is 3.53. The zero-order chi connectivity index (χ0) is 6.72. The molecule has 2 aliphatic carbocycles. The van der Waals surface area contributed by atoms with Crippen LogP contribution >= 0.6 is 0 Å². The van der Waals surface area contributed by atoms with Gasteiger partial charge in [-0.25, -0.2) is 0 Å². The lowest BCUT2D eigenvalue weighted by Crippen LogP contribution is -2.60. The molecule has 3 fully saturated rings. The first-order chi connectivity index (χ1) is 4.86. The molecule has 1 heterocycles. The van der Waals surface area contributed by atoms with Crippen molar-refractivity contribution in [1.29, 1.82) is 0 Å². The Kier molecular flexibility index (Phi) is 0.715. The molecule has 2 bridgehead atoms. The van der Waals surface area contributed by atoms with Crippen LogP contribution in [-0.4, -0.2) is 11.9 Å². The average Bonchev–Trinajstić information content (AvgIpc) is 2.40. The summed E-state index contributed by atoms with van der Waals surface area (Å²) in [7, 11) is 0. The highest BCUT2D eigenvalue weighted by atomic mass is 16.2. The molecule has 0 spiro atoms. The van der Waals surface area contributed by atoms with Crippen LogP contribution in [0.1, 0.15) is 19.3 Å². The molecule has 0 aromatic heterocycles. The second kappa shape index (κ2) is 1.39. The molecule has 3 rings (SSSR count). The van der Waals surface area contributed by atoms with Gasteiger partial charge in [0.2, 0.25) is 5.91 Å². The van der Waals surface area contributed by atoms with Gasteiger partial charge in [-0.3, -0.25) is 4.79 Å². The fourth-order valence-corrected chi connectivity index (χ4v) is 3.04. The quantitative estimate of drug-likeness (QED) is 0.485. The molecule has 1 saturated heterocycles. The maximum atomic E-state index is 11.0. The largest absolute Gasteiger partial charge is 0.352 e. The van der Waals surface area contributed by atoms with E-state index in [4.69, 9.17) is 0 Å². The van der Waals surface area contributed by atoms with Crippen LogP contribution in [0.4, 0.5) is 0 Å². The van der Waals surface area contributed by atoms with Gasteiger partial charge in [0.05, 0.1) is 5.92 Å². The highest BCUT2D eigenvalue weighted by molar-refractivity contribution is 5.87. The van der Waals surface area contributed by atoms with E-state index in [9.17, 15) is 4.79 Å². The summed E-state index contributed by atoms with van der Waals surface area (Å²) in [4.78, 5) is 11.0. The second-order valence-electron chi connectivity index (χ2n) is 3.89. The van der Waals surface area contributed by atoms with Crippen molar-refractivity contribution in [1.82, 2.24) is 5.32 Å². The molecule has 0 radical (unpaired) electrons. The van der Waals surface area contributed by atoms with Crippen molar-refractivity contribution in [3.05, 3.63) is 0 Å². The van der Waals surface area contributed by atoms with Crippen molar-refractivity contribution in [3.8, 4) is 0 Å². The van der Waals surface area contributed by atoms with E-state index in [0.717, 1.165) is 11.8 Å². The Morgan fingerprint density at radius 1 is 1.30 bits per heavy atom. The van der Waals surface area contributed by atoms with Gasteiger partial charge in [0.25, 0.3) is 0 Å². The number of hydrogen-bond acceptors (Lipinski definition) is 1. The smallest absolute Gasteiger partial charge is 0.225 e. The van der Waals surface area contributed by atoms with E-state index < -0.39 is 0 Å². The van der Waals surface area contributed by atoms with E-state index in [1.807, 2.05) is 0 Å². The molecule has 2 nitrogen and oxygen atoms in total. The van der Waals surface area contributed by atoms with Crippen LogP contribution in [0.15, 0.2) is 0 Å². The Labute approximate surface area is 60.0 Å². The summed E-state index contributed by atoms with van der Waals surface area (Å²) < 4.78 is 0. The Hall–Kier alpha value is -0.530. The van der Waals surface area contributed by atoms with Gasteiger partial charge in [-0.05, 0) is 31.1 Å². The number of hydrogen-bond donors (Lipinski definition) is 1. The van der Waals surface area contributed by atoms with Crippen LogP contribution in [0, 0.1) is 17.8 Å². The topological polar surface area (TPSA) is 29.1 Å². The maximum Gasteiger partial charge on any atom is 0.225 e. The molecule has 1 aliphatic heterocycles. The van der Waals surface area contributed by atoms with Gasteiger partial charge in [-0.2, -0.15) is 0 Å². The number of amides is 1. The number of β-lactam (4-membered cyclic amide) rings is 1. The first-order valence-electron chi connectivity index (χ1n) is 4.16. The van der Waals surface area contributed by atoms with E-state index in [-0.39, 0.29) is 0 Å². The first-order valence-corrected chi connectivity index (χ1v) is 4.16. The van der Waals surface area contributed by atoms with Gasteiger partial charge in [0, 0.05) is 6.04 Å². The van der Waals surface area contributed by atoms with E-state index in [0.29, 0.717) is 17.9 Å². The summed E-state index contributed by atoms with van der Waals surface area (Å²) in [6.07, 6.45) is 4.01. The number of rotatable bonds is 0. The van der Waals surface area contributed by atoms with E-state index >= 15 is 0 Å². The molecular formula is C8H11NO. The van der Waals surface area contributed by atoms with Crippen LogP contribution in [0.3, 0.4) is 0 Å². The van der Waals surface area contributed by atoms with Crippen LogP contribution in [-0.2, 0) is 4.79 Å². The lowest BCUT2D eigenvalue weighted by molar-refractivity contribution is -0.137. The summed E-state index contributed by atoms with van der Waals surface area (Å²) in [5.74, 6) is 2.40. The van der Waals surface area contributed by atoms with Crippen molar-refractivity contribution >= 4 is 5.91 Å². The van der Waals surface area contributed by atoms with Gasteiger partial charge >= 0.3 is 0 Å². The first kappa shape index (κ1) is 5.16. The Morgan fingerprint density at radius 3 is 2.70 bits per heavy atom. The minimum atomic E-state index is 0.331. The summed E-state index contributed by atoms with van der Waals surface area (Å²) in [5, 5.41) is 3.00. The molecule has 0 aromatic carbocycles. The third kappa shape index (κ3) is 0.386. The molecule has 2 saturated carbocycles. The van der Waals surface area contributed by atoms with Gasteiger partial charge in [0.15, 0.2) is 0 Å². The Balaban J connectivity index is 1.95. The predicted molar refractivity (Wildman–Crippen MR) is 36.3 cm³/mol. The molecule has 0 aromatic rings. The fourth-order valence-electron chi connectivity index (χ4n) is 3.04. The van der Waals surface area contributed by atoms with Crippen molar-refractivity contribution in [3.63, 3.8) is 0 Å². The predicted octanol–water partition coefficient (Wildman–Crippen LogP) is 0.531. The van der Waals surface area contributed by atoms with Crippen molar-refractivity contribution in [2.45, 2.75) is 25.3 Å². The van der Waals surface area contributed by atoms with E-state index in [1.54, 1.807) is 0 Å². The van der Waals surface area contributed by atoms with Crippen LogP contribution in [0.5, 0.6) is 0 Å². The zero-order valence-corrected chi connectivity index (χ0v) is 5.84. The SMILES string of the molecule is O=C1N[C@@H]2[C@H]3CC[C@@H](C3)[C@@H]12. The highest BCUT2D eigenvalue weighted by Gasteiger charge is 2.57. The summed E-state index contributed by atoms with van der Waals surface area (Å²) in [6, 6.07) is 0.603. The van der Waals surface area contributed by atoms with E-state index in [2.05, 4.69) is 5.32 Å². The lowest BCUT2D eigenvalue weighted by Gasteiger charge is -2.39. The normalized spacial score (nSPS) is 55.8. The van der Waals surface area contributed by atoms with Crippen molar-refractivity contribution in [2.24, 2.45) is 17.8 Å². The van der Waals surface area contributed by atoms with Crippen LogP contribution < -0.4 is 5.32 Å². The lowest BCUT2D eigenvalue weighted by atomic mass is 9.78. The molecule has 54 valence electrons. The van der Waals surface area contributed by atoms with Crippen LogP contribution in [0.25, 0.3) is 0 Å².